The topological polar surface area (TPSA) is 26.0 Å². The molecule has 0 spiro atoms. The van der Waals surface area contributed by atoms with Crippen LogP contribution in [-0.2, 0) is 0 Å². The molecule has 0 saturated carbocycles. The van der Waals surface area contributed by atoms with E-state index in [9.17, 15) is 0 Å². The van der Waals surface area contributed by atoms with Crippen LogP contribution in [0.15, 0.2) is 0 Å². The number of rotatable bonds is 2. The van der Waals surface area contributed by atoms with Crippen LogP contribution < -0.4 is 19.8 Å². The first-order chi connectivity index (χ1) is 2.41. The quantitative estimate of drug-likeness (QED) is 0.380. The number of hydrogen-bond donors (Lipinski definition) is 1. The van der Waals surface area contributed by atoms with E-state index in [2.05, 4.69) is 6.92 Å². The van der Waals surface area contributed by atoms with Gasteiger partial charge in [-0.1, -0.05) is 13.3 Å². The molecule has 0 aliphatic carbocycles. The van der Waals surface area contributed by atoms with Crippen molar-refractivity contribution in [2.75, 3.05) is 6.54 Å². The van der Waals surface area contributed by atoms with E-state index in [1.54, 1.807) is 0 Å². The molecule has 1 nitrogen and oxygen atoms in total. The predicted molar refractivity (Wildman–Crippen MR) is 29.7 cm³/mol. The molecule has 0 saturated heterocycles. The Hall–Kier alpha value is -0.185. The minimum atomic E-state index is 0. The second-order valence-electron chi connectivity index (χ2n) is 1.14. The van der Waals surface area contributed by atoms with Crippen molar-refractivity contribution in [1.29, 1.82) is 0 Å². The molecular formula is C4H11BF3N. The van der Waals surface area contributed by atoms with E-state index in [1.165, 1.54) is 12.8 Å². The maximum Gasteiger partial charge on any atom is 3.00 e. The summed E-state index contributed by atoms with van der Waals surface area (Å²) in [5.41, 5.74) is 5.14. The number of nitrogens with two attached hydrogens (primary N) is 1. The van der Waals surface area contributed by atoms with Crippen LogP contribution in [0, 0.1) is 0 Å². The maximum atomic E-state index is 5.14. The molecule has 0 aromatic rings. The molecule has 0 bridgehead atoms. The van der Waals surface area contributed by atoms with Gasteiger partial charge in [0, 0.05) is 0 Å². The third-order valence-electron chi connectivity index (χ3n) is 0.558. The van der Waals surface area contributed by atoms with Crippen LogP contribution in [0.4, 0.5) is 0 Å². The molecule has 0 aliphatic heterocycles. The van der Waals surface area contributed by atoms with Crippen LogP contribution in [0.25, 0.3) is 0 Å². The zero-order chi connectivity index (χ0) is 4.12. The third-order valence-corrected chi connectivity index (χ3v) is 0.558. The Morgan fingerprint density at radius 1 is 1.11 bits per heavy atom. The second-order valence-corrected chi connectivity index (χ2v) is 1.14. The first-order valence-corrected chi connectivity index (χ1v) is 2.12. The van der Waals surface area contributed by atoms with Crippen molar-refractivity contribution in [2.45, 2.75) is 19.8 Å². The van der Waals surface area contributed by atoms with E-state index in [1.807, 2.05) is 0 Å². The van der Waals surface area contributed by atoms with Crippen molar-refractivity contribution in [3.63, 3.8) is 0 Å². The van der Waals surface area contributed by atoms with Gasteiger partial charge in [-0.25, -0.2) is 0 Å². The van der Waals surface area contributed by atoms with E-state index in [0.29, 0.717) is 0 Å². The van der Waals surface area contributed by atoms with E-state index >= 15 is 0 Å². The second kappa shape index (κ2) is 45.8. The third kappa shape index (κ3) is 80.2. The molecule has 0 fully saturated rings. The van der Waals surface area contributed by atoms with Crippen molar-refractivity contribution in [3.05, 3.63) is 0 Å². The van der Waals surface area contributed by atoms with Gasteiger partial charge in [-0.15, -0.1) is 0 Å². The van der Waals surface area contributed by atoms with Gasteiger partial charge in [0.2, 0.25) is 0 Å². The molecule has 0 aromatic carbocycles. The summed E-state index contributed by atoms with van der Waals surface area (Å²) in [6.07, 6.45) is 2.39. The number of halogens is 3. The zero-order valence-corrected chi connectivity index (χ0v) is 5.41. The van der Waals surface area contributed by atoms with Crippen molar-refractivity contribution in [3.8, 4) is 0 Å². The summed E-state index contributed by atoms with van der Waals surface area (Å²) in [6, 6.07) is 0. The molecule has 0 rings (SSSR count). The van der Waals surface area contributed by atoms with Gasteiger partial charge < -0.3 is 19.8 Å². The number of hydrogen-bond acceptors (Lipinski definition) is 1. The summed E-state index contributed by atoms with van der Waals surface area (Å²) >= 11 is 0. The predicted octanol–water partition coefficient (Wildman–Crippen LogP) is -8.62. The molecule has 0 atom stereocenters. The Kier molecular flexibility index (Phi) is 188. The summed E-state index contributed by atoms with van der Waals surface area (Å²) in [6.45, 7) is 2.98. The van der Waals surface area contributed by atoms with Gasteiger partial charge in [0.1, 0.15) is 0 Å². The standard InChI is InChI=1S/C4H11N.B.3FH/c1-2-3-4-5;;;;/h2-5H2,1H3;;3*1H/q;+3;;;/p-3. The fourth-order valence-electron chi connectivity index (χ4n) is 0.204. The summed E-state index contributed by atoms with van der Waals surface area (Å²) in [7, 11) is 0. The van der Waals surface area contributed by atoms with Crippen molar-refractivity contribution < 1.29 is 14.1 Å². The van der Waals surface area contributed by atoms with Gasteiger partial charge in [0.15, 0.2) is 0 Å². The van der Waals surface area contributed by atoms with Gasteiger partial charge in [0.25, 0.3) is 0 Å². The van der Waals surface area contributed by atoms with Crippen molar-refractivity contribution in [2.24, 2.45) is 5.73 Å². The largest absolute Gasteiger partial charge is 3.00 e. The van der Waals surface area contributed by atoms with Crippen LogP contribution >= 0.6 is 0 Å². The van der Waals surface area contributed by atoms with Gasteiger partial charge >= 0.3 is 8.41 Å². The summed E-state index contributed by atoms with van der Waals surface area (Å²) in [4.78, 5) is 0. The summed E-state index contributed by atoms with van der Waals surface area (Å²) in [5, 5.41) is 0. The summed E-state index contributed by atoms with van der Waals surface area (Å²) in [5.74, 6) is 0. The Balaban J connectivity index is -0.0000000133. The number of unbranched alkanes of at least 4 members (excludes halogenated alkanes) is 1. The molecule has 2 N–H and O–H groups in total. The smallest absolute Gasteiger partial charge is 1.00 e. The normalized spacial score (nSPS) is 4.67. The van der Waals surface area contributed by atoms with Crippen molar-refractivity contribution in [1.82, 2.24) is 0 Å². The van der Waals surface area contributed by atoms with Gasteiger partial charge in [-0.05, 0) is 13.0 Å². The molecular weight excluding hydrogens is 130 g/mol. The molecule has 0 aliphatic rings. The molecule has 0 radical (unpaired) electrons. The van der Waals surface area contributed by atoms with E-state index in [0.717, 1.165) is 6.54 Å². The molecule has 9 heavy (non-hydrogen) atoms. The van der Waals surface area contributed by atoms with Gasteiger partial charge in [-0.3, -0.25) is 0 Å². The van der Waals surface area contributed by atoms with Crippen LogP contribution in [0.2, 0.25) is 0 Å². The molecule has 0 aromatic heterocycles. The fraction of sp³-hybridized carbons (Fsp3) is 1.00. The summed E-state index contributed by atoms with van der Waals surface area (Å²) < 4.78 is 0. The van der Waals surface area contributed by atoms with Crippen LogP contribution in [0.5, 0.6) is 0 Å². The molecule has 0 heterocycles. The van der Waals surface area contributed by atoms with E-state index < -0.39 is 0 Å². The van der Waals surface area contributed by atoms with Crippen molar-refractivity contribution >= 4 is 8.41 Å². The zero-order valence-electron chi connectivity index (χ0n) is 5.41. The average molecular weight is 141 g/mol. The monoisotopic (exact) mass is 141 g/mol. The van der Waals surface area contributed by atoms with Crippen LogP contribution in [0.1, 0.15) is 19.8 Å². The molecule has 0 unspecified atom stereocenters. The van der Waals surface area contributed by atoms with E-state index in [4.69, 9.17) is 5.73 Å². The average Bonchev–Trinajstić information content (AvgIpc) is 1.41. The Morgan fingerprint density at radius 2 is 1.44 bits per heavy atom. The van der Waals surface area contributed by atoms with Crippen LogP contribution in [0.3, 0.4) is 0 Å². The Labute approximate surface area is 55.7 Å². The molecule has 56 valence electrons. The maximum absolute atomic E-state index is 5.14. The Morgan fingerprint density at radius 3 is 1.44 bits per heavy atom. The SMILES string of the molecule is CCCCN.[B+3].[F-].[F-].[F-]. The molecule has 0 amide bonds. The van der Waals surface area contributed by atoms with Crippen LogP contribution in [-0.4, -0.2) is 15.0 Å². The van der Waals surface area contributed by atoms with Gasteiger partial charge in [0.05, 0.1) is 0 Å². The Bertz CT molecular complexity index is 23.3. The van der Waals surface area contributed by atoms with E-state index in [-0.39, 0.29) is 22.5 Å². The minimum Gasteiger partial charge on any atom is -1.00 e. The molecule has 5 heteroatoms. The first-order valence-electron chi connectivity index (χ1n) is 2.12. The fourth-order valence-corrected chi connectivity index (χ4v) is 0.204. The first kappa shape index (κ1) is 37.0. The minimum absolute atomic E-state index is 0. The van der Waals surface area contributed by atoms with Gasteiger partial charge in [-0.2, -0.15) is 0 Å².